The van der Waals surface area contributed by atoms with Crippen LogP contribution in [0.25, 0.3) is 0 Å². The molecule has 1 heterocycles. The van der Waals surface area contributed by atoms with Gasteiger partial charge in [-0.25, -0.2) is 4.79 Å². The Morgan fingerprint density at radius 1 is 1.00 bits per heavy atom. The molecule has 0 amide bonds. The molecular formula is C31H42O8. The van der Waals surface area contributed by atoms with Crippen LogP contribution in [0.1, 0.15) is 78.6 Å². The quantitative estimate of drug-likeness (QED) is 0.334. The van der Waals surface area contributed by atoms with Crippen LogP contribution < -0.4 is 0 Å². The van der Waals surface area contributed by atoms with E-state index in [9.17, 15) is 19.2 Å². The van der Waals surface area contributed by atoms with E-state index >= 15 is 0 Å². The third-order valence-electron chi connectivity index (χ3n) is 12.5. The zero-order chi connectivity index (χ0) is 27.2. The smallest absolute Gasteiger partial charge is 0.344 e. The van der Waals surface area contributed by atoms with Gasteiger partial charge in [0.15, 0.2) is 6.61 Å². The number of ether oxygens (including phenoxy) is 4. The van der Waals surface area contributed by atoms with Gasteiger partial charge in [0.2, 0.25) is 0 Å². The molecule has 0 aromatic heterocycles. The Labute approximate surface area is 230 Å². The van der Waals surface area contributed by atoms with Crippen LogP contribution in [0.2, 0.25) is 0 Å². The fourth-order valence-corrected chi connectivity index (χ4v) is 10.8. The molecule has 1 aliphatic heterocycles. The Kier molecular flexibility index (Phi) is 6.09. The number of rotatable bonds is 8. The maximum atomic E-state index is 14.0. The first-order valence-electron chi connectivity index (χ1n) is 15.6. The van der Waals surface area contributed by atoms with Crippen LogP contribution in [0.4, 0.5) is 0 Å². The highest BCUT2D eigenvalue weighted by Gasteiger charge is 2.72. The monoisotopic (exact) mass is 542 g/mol. The number of fused-ring (bicyclic) bond motifs is 5. The molecular weight excluding hydrogens is 500 g/mol. The Morgan fingerprint density at radius 2 is 1.72 bits per heavy atom. The normalized spacial score (nSPS) is 48.5. The second kappa shape index (κ2) is 9.20. The highest BCUT2D eigenvalue weighted by Crippen LogP contribution is 2.69. The predicted octanol–water partition coefficient (Wildman–Crippen LogP) is 4.08. The van der Waals surface area contributed by atoms with Crippen molar-refractivity contribution in [2.45, 2.75) is 96.4 Å². The molecule has 8 fully saturated rings. The van der Waals surface area contributed by atoms with Gasteiger partial charge in [-0.3, -0.25) is 14.4 Å². The fourth-order valence-electron chi connectivity index (χ4n) is 10.8. The van der Waals surface area contributed by atoms with Gasteiger partial charge in [-0.05, 0) is 87.4 Å². The van der Waals surface area contributed by atoms with Gasteiger partial charge in [0.05, 0.1) is 17.8 Å². The molecule has 0 radical (unpaired) electrons. The molecule has 39 heavy (non-hydrogen) atoms. The molecule has 7 saturated carbocycles. The highest BCUT2D eigenvalue weighted by atomic mass is 16.6. The molecule has 8 aliphatic rings. The van der Waals surface area contributed by atoms with Gasteiger partial charge < -0.3 is 18.9 Å². The molecule has 0 aromatic carbocycles. The van der Waals surface area contributed by atoms with E-state index in [0.29, 0.717) is 30.6 Å². The van der Waals surface area contributed by atoms with Crippen LogP contribution in [0.5, 0.6) is 0 Å². The van der Waals surface area contributed by atoms with Crippen LogP contribution in [-0.4, -0.2) is 48.3 Å². The number of carbonyl (C=O) groups excluding carboxylic acids is 4. The molecule has 7 aliphatic carbocycles. The second-order valence-corrected chi connectivity index (χ2v) is 13.9. The summed E-state index contributed by atoms with van der Waals surface area (Å²) in [5, 5.41) is 0. The van der Waals surface area contributed by atoms with Crippen molar-refractivity contribution in [3.05, 3.63) is 0 Å². The minimum Gasteiger partial charge on any atom is -0.459 e. The zero-order valence-electron chi connectivity index (χ0n) is 23.3. The van der Waals surface area contributed by atoms with Gasteiger partial charge in [-0.2, -0.15) is 0 Å². The van der Waals surface area contributed by atoms with Gasteiger partial charge in [-0.1, -0.05) is 20.8 Å². The lowest BCUT2D eigenvalue weighted by Gasteiger charge is -2.55. The highest BCUT2D eigenvalue weighted by molar-refractivity contribution is 5.86. The van der Waals surface area contributed by atoms with Crippen LogP contribution in [-0.2, 0) is 38.1 Å². The first-order chi connectivity index (χ1) is 18.8. The van der Waals surface area contributed by atoms with Crippen molar-refractivity contribution in [2.75, 3.05) is 6.61 Å². The molecule has 214 valence electrons. The van der Waals surface area contributed by atoms with Gasteiger partial charge in [-0.15, -0.1) is 0 Å². The predicted molar refractivity (Wildman–Crippen MR) is 137 cm³/mol. The summed E-state index contributed by atoms with van der Waals surface area (Å²) in [5.41, 5.74) is -0.444. The summed E-state index contributed by atoms with van der Waals surface area (Å²) in [6.45, 7) is 5.29. The van der Waals surface area contributed by atoms with Crippen LogP contribution in [0.15, 0.2) is 0 Å². The SMILES string of the molecule is CCC(C)C(=O)OCC(=O)OC1C2CC3C1OC(=O)C3C2C(=O)OC1(CC)CC2CC1C1C3CCC(CC3)C21. The van der Waals surface area contributed by atoms with E-state index < -0.39 is 48.2 Å². The van der Waals surface area contributed by atoms with E-state index in [1.807, 2.05) is 6.92 Å². The van der Waals surface area contributed by atoms with Crippen molar-refractivity contribution >= 4 is 23.9 Å². The standard InChI is InChI=1S/C31H42O8/c1-4-14(3)28(33)36-13-21(32)37-26-19-11-18-24(29(34)38-27(18)26)25(19)30(35)39-31(5-2)12-17-10-20(31)23-16-8-6-15(7-9-16)22(17)23/h14-20,22-27H,4-13H2,1-3H3. The molecule has 12 atom stereocenters. The lowest BCUT2D eigenvalue weighted by molar-refractivity contribution is -0.190. The zero-order valence-corrected chi connectivity index (χ0v) is 23.3. The average Bonchev–Trinajstić information content (AvgIpc) is 3.73. The van der Waals surface area contributed by atoms with Crippen molar-refractivity contribution in [2.24, 2.45) is 65.1 Å². The fraction of sp³-hybridized carbons (Fsp3) is 0.871. The van der Waals surface area contributed by atoms with E-state index in [-0.39, 0.29) is 29.7 Å². The molecule has 0 N–H and O–H groups in total. The largest absolute Gasteiger partial charge is 0.459 e. The number of hydrogen-bond donors (Lipinski definition) is 0. The van der Waals surface area contributed by atoms with Crippen molar-refractivity contribution in [1.29, 1.82) is 0 Å². The van der Waals surface area contributed by atoms with E-state index in [2.05, 4.69) is 6.92 Å². The molecule has 6 bridgehead atoms. The summed E-state index contributed by atoms with van der Waals surface area (Å²) in [6, 6.07) is 0. The Hall–Kier alpha value is -2.12. The maximum absolute atomic E-state index is 14.0. The molecule has 12 unspecified atom stereocenters. The third kappa shape index (κ3) is 3.67. The molecule has 0 aromatic rings. The number of carbonyl (C=O) groups is 4. The van der Waals surface area contributed by atoms with Crippen molar-refractivity contribution in [3.63, 3.8) is 0 Å². The van der Waals surface area contributed by atoms with Gasteiger partial charge in [0, 0.05) is 17.8 Å². The lowest BCUT2D eigenvalue weighted by atomic mass is 9.52. The molecule has 8 nitrogen and oxygen atoms in total. The second-order valence-electron chi connectivity index (χ2n) is 13.9. The van der Waals surface area contributed by atoms with Crippen molar-refractivity contribution in [1.82, 2.24) is 0 Å². The van der Waals surface area contributed by atoms with E-state index in [1.54, 1.807) is 6.92 Å². The molecule has 0 spiro atoms. The van der Waals surface area contributed by atoms with Crippen LogP contribution >= 0.6 is 0 Å². The minimum absolute atomic E-state index is 0.142. The van der Waals surface area contributed by atoms with Gasteiger partial charge in [0.25, 0.3) is 0 Å². The van der Waals surface area contributed by atoms with E-state index in [4.69, 9.17) is 18.9 Å². The lowest BCUT2D eigenvalue weighted by Crippen LogP contribution is -2.54. The number of hydrogen-bond acceptors (Lipinski definition) is 8. The first kappa shape index (κ1) is 25.8. The summed E-state index contributed by atoms with van der Waals surface area (Å²) in [5.74, 6) is 0.463. The van der Waals surface area contributed by atoms with Crippen LogP contribution in [0, 0.1) is 65.1 Å². The van der Waals surface area contributed by atoms with E-state index in [1.165, 1.54) is 32.1 Å². The summed E-state index contributed by atoms with van der Waals surface area (Å²) in [4.78, 5) is 51.5. The molecule has 8 heteroatoms. The summed E-state index contributed by atoms with van der Waals surface area (Å²) in [6.07, 6.45) is 8.30. The maximum Gasteiger partial charge on any atom is 0.344 e. The van der Waals surface area contributed by atoms with Gasteiger partial charge in [0.1, 0.15) is 17.8 Å². The molecule has 8 rings (SSSR count). The molecule has 1 saturated heterocycles. The third-order valence-corrected chi connectivity index (χ3v) is 12.5. The summed E-state index contributed by atoms with van der Waals surface area (Å²) < 4.78 is 23.1. The van der Waals surface area contributed by atoms with Crippen molar-refractivity contribution < 1.29 is 38.1 Å². The number of esters is 4. The first-order valence-corrected chi connectivity index (χ1v) is 15.6. The van der Waals surface area contributed by atoms with Gasteiger partial charge >= 0.3 is 23.9 Å². The minimum atomic E-state index is -0.707. The Balaban J connectivity index is 1.06. The van der Waals surface area contributed by atoms with Crippen molar-refractivity contribution in [3.8, 4) is 0 Å². The average molecular weight is 543 g/mol. The van der Waals surface area contributed by atoms with Crippen LogP contribution in [0.3, 0.4) is 0 Å². The summed E-state index contributed by atoms with van der Waals surface area (Å²) in [7, 11) is 0. The Bertz CT molecular complexity index is 1060. The van der Waals surface area contributed by atoms with E-state index in [0.717, 1.165) is 30.6 Å². The topological polar surface area (TPSA) is 105 Å². The Morgan fingerprint density at radius 3 is 2.41 bits per heavy atom. The summed E-state index contributed by atoms with van der Waals surface area (Å²) >= 11 is 0.